The van der Waals surface area contributed by atoms with Crippen molar-refractivity contribution in [3.63, 3.8) is 0 Å². The van der Waals surface area contributed by atoms with E-state index in [-0.39, 0.29) is 5.56 Å². The van der Waals surface area contributed by atoms with Crippen LogP contribution in [-0.4, -0.2) is 21.3 Å². The minimum atomic E-state index is -0.0465. The van der Waals surface area contributed by atoms with E-state index < -0.39 is 0 Å². The molecule has 1 aliphatic heterocycles. The molecule has 5 rings (SSSR count). The molecule has 0 aliphatic carbocycles. The second-order valence-electron chi connectivity index (χ2n) is 7.52. The number of furan rings is 1. The summed E-state index contributed by atoms with van der Waals surface area (Å²) in [7, 11) is 0. The van der Waals surface area contributed by atoms with Crippen LogP contribution >= 0.6 is 0 Å². The van der Waals surface area contributed by atoms with E-state index in [0.717, 1.165) is 71.7 Å². The van der Waals surface area contributed by atoms with Gasteiger partial charge in [0.2, 0.25) is 0 Å². The summed E-state index contributed by atoms with van der Waals surface area (Å²) in [6, 6.07) is 13.6. The van der Waals surface area contributed by atoms with Crippen LogP contribution < -0.4 is 10.9 Å². The Bertz CT molecular complexity index is 1240. The molecule has 0 amide bonds. The Morgan fingerprint density at radius 3 is 2.86 bits per heavy atom. The van der Waals surface area contributed by atoms with Gasteiger partial charge in [-0.1, -0.05) is 0 Å². The average molecular weight is 386 g/mol. The fourth-order valence-electron chi connectivity index (χ4n) is 3.87. The molecule has 146 valence electrons. The molecule has 6 heteroatoms. The Kier molecular flexibility index (Phi) is 4.48. The molecule has 1 N–H and O–H groups in total. The quantitative estimate of drug-likeness (QED) is 0.583. The molecule has 0 radical (unpaired) electrons. The minimum absolute atomic E-state index is 0.0465. The highest BCUT2D eigenvalue weighted by Gasteiger charge is 2.17. The topological polar surface area (TPSA) is 73.0 Å². The van der Waals surface area contributed by atoms with Gasteiger partial charge in [0.1, 0.15) is 11.3 Å². The zero-order valence-corrected chi connectivity index (χ0v) is 16.3. The van der Waals surface area contributed by atoms with E-state index in [4.69, 9.17) is 4.42 Å². The maximum absolute atomic E-state index is 12.7. The molecule has 0 unspecified atom stereocenters. The molecule has 0 bridgehead atoms. The maximum atomic E-state index is 12.7. The average Bonchev–Trinajstić information content (AvgIpc) is 3.11. The van der Waals surface area contributed by atoms with Crippen LogP contribution in [0.3, 0.4) is 0 Å². The van der Waals surface area contributed by atoms with E-state index in [9.17, 15) is 4.79 Å². The summed E-state index contributed by atoms with van der Waals surface area (Å²) in [6.07, 6.45) is 4.25. The van der Waals surface area contributed by atoms with Gasteiger partial charge in [0.15, 0.2) is 0 Å². The molecule has 4 aromatic rings. The summed E-state index contributed by atoms with van der Waals surface area (Å²) in [5.74, 6) is 1.05. The van der Waals surface area contributed by atoms with E-state index >= 15 is 0 Å². The lowest BCUT2D eigenvalue weighted by atomic mass is 10.1. The number of fused-ring (bicyclic) bond motifs is 3. The molecule has 0 spiro atoms. The molecule has 1 aromatic carbocycles. The number of aromatic nitrogens is 3. The number of nitrogens with zero attached hydrogens (tertiary/aromatic N) is 3. The second kappa shape index (κ2) is 7.29. The molecule has 1 aliphatic rings. The van der Waals surface area contributed by atoms with Crippen LogP contribution in [0.15, 0.2) is 57.9 Å². The molecule has 6 nitrogen and oxygen atoms in total. The Balaban J connectivity index is 1.39. The normalized spacial score (nSPS) is 13.6. The summed E-state index contributed by atoms with van der Waals surface area (Å²) in [4.78, 5) is 12.7. The van der Waals surface area contributed by atoms with E-state index in [1.807, 2.05) is 43.5 Å². The van der Waals surface area contributed by atoms with Crippen molar-refractivity contribution in [2.45, 2.75) is 32.7 Å². The number of hydrogen-bond acceptors (Lipinski definition) is 5. The van der Waals surface area contributed by atoms with Crippen LogP contribution in [0.2, 0.25) is 0 Å². The van der Waals surface area contributed by atoms with Gasteiger partial charge in [-0.25, -0.2) is 0 Å². The first-order valence-corrected chi connectivity index (χ1v) is 9.93. The fraction of sp³-hybridized carbons (Fsp3) is 0.261. The van der Waals surface area contributed by atoms with Gasteiger partial charge in [-0.15, -0.1) is 0 Å². The maximum Gasteiger partial charge on any atom is 0.255 e. The van der Waals surface area contributed by atoms with Gasteiger partial charge in [-0.3, -0.25) is 9.36 Å². The monoisotopic (exact) mass is 386 g/mol. The molecular formula is C23H22N4O2. The third-order valence-corrected chi connectivity index (χ3v) is 5.48. The van der Waals surface area contributed by atoms with E-state index in [2.05, 4.69) is 21.6 Å². The number of aryl methyl sites for hydroxylation is 3. The minimum Gasteiger partial charge on any atom is -0.461 e. The van der Waals surface area contributed by atoms with Gasteiger partial charge < -0.3 is 9.73 Å². The lowest BCUT2D eigenvalue weighted by Crippen LogP contribution is -2.22. The van der Waals surface area contributed by atoms with Gasteiger partial charge in [-0.05, 0) is 55.7 Å². The lowest BCUT2D eigenvalue weighted by Gasteiger charge is -2.10. The van der Waals surface area contributed by atoms with Crippen molar-refractivity contribution in [2.75, 3.05) is 6.54 Å². The number of benzene rings is 1. The summed E-state index contributed by atoms with van der Waals surface area (Å²) in [5.41, 5.74) is 5.68. The van der Waals surface area contributed by atoms with Crippen LogP contribution in [0, 0.1) is 6.92 Å². The first kappa shape index (κ1) is 17.8. The zero-order chi connectivity index (χ0) is 19.8. The van der Waals surface area contributed by atoms with Crippen molar-refractivity contribution in [2.24, 2.45) is 0 Å². The second-order valence-corrected chi connectivity index (χ2v) is 7.52. The molecule has 4 heterocycles. The first-order chi connectivity index (χ1) is 14.2. The molecule has 0 fully saturated rings. The summed E-state index contributed by atoms with van der Waals surface area (Å²) in [6.45, 7) is 3.69. The van der Waals surface area contributed by atoms with Crippen molar-refractivity contribution in [3.05, 3.63) is 87.3 Å². The third kappa shape index (κ3) is 3.47. The van der Waals surface area contributed by atoms with Gasteiger partial charge in [0.25, 0.3) is 5.56 Å². The Morgan fingerprint density at radius 2 is 2.03 bits per heavy atom. The SMILES string of the molecule is Cc1ccc(CCc2ccn(-c3ccc4c5c(oc4c3)CCNC5)c(=O)c2)nn1. The Labute approximate surface area is 168 Å². The van der Waals surface area contributed by atoms with Crippen LogP contribution in [-0.2, 0) is 25.8 Å². The van der Waals surface area contributed by atoms with E-state index in [1.54, 1.807) is 10.6 Å². The third-order valence-electron chi connectivity index (χ3n) is 5.48. The molecule has 0 saturated heterocycles. The van der Waals surface area contributed by atoms with Crippen molar-refractivity contribution in [1.82, 2.24) is 20.1 Å². The van der Waals surface area contributed by atoms with Gasteiger partial charge in [0, 0.05) is 48.8 Å². The largest absolute Gasteiger partial charge is 0.461 e. The van der Waals surface area contributed by atoms with Crippen molar-refractivity contribution in [3.8, 4) is 5.69 Å². The zero-order valence-electron chi connectivity index (χ0n) is 16.3. The molecule has 29 heavy (non-hydrogen) atoms. The first-order valence-electron chi connectivity index (χ1n) is 9.93. The van der Waals surface area contributed by atoms with Crippen molar-refractivity contribution < 1.29 is 4.42 Å². The van der Waals surface area contributed by atoms with E-state index in [0.29, 0.717) is 0 Å². The van der Waals surface area contributed by atoms with E-state index in [1.165, 1.54) is 5.56 Å². The number of rotatable bonds is 4. The van der Waals surface area contributed by atoms with Gasteiger partial charge in [0.05, 0.1) is 17.1 Å². The van der Waals surface area contributed by atoms with Crippen molar-refractivity contribution in [1.29, 1.82) is 0 Å². The summed E-state index contributed by atoms with van der Waals surface area (Å²) < 4.78 is 7.71. The van der Waals surface area contributed by atoms with Crippen molar-refractivity contribution >= 4 is 11.0 Å². The Morgan fingerprint density at radius 1 is 1.10 bits per heavy atom. The lowest BCUT2D eigenvalue weighted by molar-refractivity contribution is 0.500. The number of nitrogens with one attached hydrogen (secondary N) is 1. The smallest absolute Gasteiger partial charge is 0.255 e. The standard InChI is InChI=1S/C23H22N4O2/c1-15-2-4-17(26-25-15)5-3-16-9-11-27(23(28)12-16)18-6-7-19-20-14-24-10-8-21(20)29-22(19)13-18/h2,4,6-7,9,11-13,24H,3,5,8,10,14H2,1H3. The molecule has 0 atom stereocenters. The van der Waals surface area contributed by atoms with Crippen LogP contribution in [0.1, 0.15) is 28.3 Å². The molecular weight excluding hydrogens is 364 g/mol. The fourth-order valence-corrected chi connectivity index (χ4v) is 3.87. The predicted octanol–water partition coefficient (Wildman–Crippen LogP) is 3.11. The molecule has 0 saturated carbocycles. The molecule has 3 aromatic heterocycles. The predicted molar refractivity (Wildman–Crippen MR) is 111 cm³/mol. The highest BCUT2D eigenvalue weighted by atomic mass is 16.3. The van der Waals surface area contributed by atoms with Gasteiger partial charge in [-0.2, -0.15) is 10.2 Å². The summed E-state index contributed by atoms with van der Waals surface area (Å²) in [5, 5.41) is 12.8. The van der Waals surface area contributed by atoms with Crippen LogP contribution in [0.4, 0.5) is 0 Å². The van der Waals surface area contributed by atoms with Crippen LogP contribution in [0.5, 0.6) is 0 Å². The van der Waals surface area contributed by atoms with Crippen LogP contribution in [0.25, 0.3) is 16.7 Å². The van der Waals surface area contributed by atoms with Gasteiger partial charge >= 0.3 is 0 Å². The highest BCUT2D eigenvalue weighted by Crippen LogP contribution is 2.29. The highest BCUT2D eigenvalue weighted by molar-refractivity contribution is 5.84. The number of pyridine rings is 1. The summed E-state index contributed by atoms with van der Waals surface area (Å²) >= 11 is 0. The number of hydrogen-bond donors (Lipinski definition) is 1. The Hall–Kier alpha value is -3.25.